The van der Waals surface area contributed by atoms with Crippen LogP contribution in [0.1, 0.15) is 67.8 Å². The van der Waals surface area contributed by atoms with Crippen molar-refractivity contribution in [3.63, 3.8) is 0 Å². The van der Waals surface area contributed by atoms with E-state index in [2.05, 4.69) is 42.5 Å². The zero-order chi connectivity index (χ0) is 36.6. The molecule has 0 spiro atoms. The standard InChI is InChI=1S/C35H48BrN7O7/c1-21(39-34(49)27(19-22-9-3-2-4-10-22)41-32(47)24-14-16-25(36)17-15-24)31(46)43-29(23-11-5-6-12-23)35(50)40-26(13-7-8-18-37)33(48)42-28(20-44)30(38)45/h2-4,9-10,14-17,21,23,26-29,44H,5-8,11-13,18-20,37H2,1H3,(H2,38,45)(H,39,49)(H,40,50)(H,41,47)(H,42,48)(H,43,46)/t21-,26-,27-,28-,29?/m0/s1. The molecule has 0 bridgehead atoms. The lowest BCUT2D eigenvalue weighted by Crippen LogP contribution is -2.60. The SMILES string of the molecule is C[C@H](NC(=O)[C@H](Cc1ccccc1)NC(=O)c1ccc(Br)cc1)C(=O)NC(C(=O)N[C@@H](CCCCN)C(=O)N[C@@H](CO)C(N)=O)C1CCCC1. The lowest BCUT2D eigenvalue weighted by atomic mass is 9.96. The van der Waals surface area contributed by atoms with Crippen LogP contribution in [0.15, 0.2) is 59.1 Å². The van der Waals surface area contributed by atoms with Gasteiger partial charge in [-0.25, -0.2) is 0 Å². The van der Waals surface area contributed by atoms with Crippen molar-refractivity contribution in [1.82, 2.24) is 26.6 Å². The first-order valence-corrected chi connectivity index (χ1v) is 17.6. The molecule has 6 amide bonds. The van der Waals surface area contributed by atoms with Gasteiger partial charge in [-0.3, -0.25) is 28.8 Å². The van der Waals surface area contributed by atoms with Crippen LogP contribution in [0.25, 0.3) is 0 Å². The number of unbranched alkanes of at least 4 members (excludes halogenated alkanes) is 1. The summed E-state index contributed by atoms with van der Waals surface area (Å²) in [6.07, 6.45) is 4.46. The topological polar surface area (TPSA) is 235 Å². The molecule has 14 nitrogen and oxygen atoms in total. The van der Waals surface area contributed by atoms with E-state index in [0.29, 0.717) is 37.8 Å². The molecule has 0 aliphatic heterocycles. The number of nitrogens with one attached hydrogen (secondary N) is 5. The van der Waals surface area contributed by atoms with Gasteiger partial charge < -0.3 is 43.2 Å². The Kier molecular flexibility index (Phi) is 16.3. The number of carbonyl (C=O) groups excluding carboxylic acids is 6. The maximum atomic E-state index is 13.7. The van der Waals surface area contributed by atoms with Crippen molar-refractivity contribution in [2.45, 2.75) is 88.5 Å². The third-order valence-electron chi connectivity index (χ3n) is 8.64. The van der Waals surface area contributed by atoms with Crippen LogP contribution < -0.4 is 38.1 Å². The van der Waals surface area contributed by atoms with Crippen molar-refractivity contribution in [3.05, 3.63) is 70.2 Å². The number of nitrogens with two attached hydrogens (primary N) is 2. The van der Waals surface area contributed by atoms with Crippen LogP contribution in [0, 0.1) is 5.92 Å². The van der Waals surface area contributed by atoms with Gasteiger partial charge in [0.2, 0.25) is 29.5 Å². The van der Waals surface area contributed by atoms with Gasteiger partial charge in [0, 0.05) is 16.5 Å². The first-order chi connectivity index (χ1) is 23.9. The Hall–Kier alpha value is -4.34. The van der Waals surface area contributed by atoms with E-state index < -0.39 is 72.3 Å². The molecule has 0 aromatic heterocycles. The van der Waals surface area contributed by atoms with Crippen LogP contribution in [-0.4, -0.2) is 83.9 Å². The van der Waals surface area contributed by atoms with E-state index in [4.69, 9.17) is 11.5 Å². The van der Waals surface area contributed by atoms with E-state index in [1.165, 1.54) is 6.92 Å². The van der Waals surface area contributed by atoms with Crippen LogP contribution in [0.4, 0.5) is 0 Å². The lowest BCUT2D eigenvalue weighted by Gasteiger charge is -2.28. The Bertz CT molecular complexity index is 1460. The quantitative estimate of drug-likeness (QED) is 0.0941. The Morgan fingerprint density at radius 3 is 2.00 bits per heavy atom. The van der Waals surface area contributed by atoms with Gasteiger partial charge in [-0.15, -0.1) is 0 Å². The van der Waals surface area contributed by atoms with Gasteiger partial charge in [0.25, 0.3) is 5.91 Å². The Labute approximate surface area is 300 Å². The molecule has 5 atom stereocenters. The molecule has 2 aromatic rings. The summed E-state index contributed by atoms with van der Waals surface area (Å²) in [5.41, 5.74) is 12.0. The van der Waals surface area contributed by atoms with E-state index in [1.54, 1.807) is 24.3 Å². The largest absolute Gasteiger partial charge is 0.394 e. The monoisotopic (exact) mass is 757 g/mol. The van der Waals surface area contributed by atoms with E-state index in [1.807, 2.05) is 30.3 Å². The average molecular weight is 759 g/mol. The molecule has 15 heteroatoms. The molecule has 1 saturated carbocycles. The third kappa shape index (κ3) is 12.5. The highest BCUT2D eigenvalue weighted by Crippen LogP contribution is 2.28. The predicted molar refractivity (Wildman–Crippen MR) is 190 cm³/mol. The second-order valence-electron chi connectivity index (χ2n) is 12.5. The Morgan fingerprint density at radius 2 is 1.40 bits per heavy atom. The summed E-state index contributed by atoms with van der Waals surface area (Å²) in [6.45, 7) is 1.14. The van der Waals surface area contributed by atoms with Crippen molar-refractivity contribution in [3.8, 4) is 0 Å². The summed E-state index contributed by atoms with van der Waals surface area (Å²) in [4.78, 5) is 78.6. The summed E-state index contributed by atoms with van der Waals surface area (Å²) in [7, 11) is 0. The molecule has 0 heterocycles. The molecule has 272 valence electrons. The maximum absolute atomic E-state index is 13.7. The molecule has 1 aliphatic rings. The van der Waals surface area contributed by atoms with Crippen molar-refractivity contribution >= 4 is 51.4 Å². The summed E-state index contributed by atoms with van der Waals surface area (Å²) in [5, 5.41) is 22.8. The average Bonchev–Trinajstić information content (AvgIpc) is 3.64. The summed E-state index contributed by atoms with van der Waals surface area (Å²) < 4.78 is 0.792. The van der Waals surface area contributed by atoms with E-state index in [9.17, 15) is 33.9 Å². The molecule has 0 saturated heterocycles. The van der Waals surface area contributed by atoms with E-state index in [0.717, 1.165) is 22.9 Å². The van der Waals surface area contributed by atoms with Crippen molar-refractivity contribution in [1.29, 1.82) is 0 Å². The molecule has 0 radical (unpaired) electrons. The minimum absolute atomic E-state index is 0.164. The van der Waals surface area contributed by atoms with Gasteiger partial charge >= 0.3 is 0 Å². The zero-order valence-corrected chi connectivity index (χ0v) is 29.7. The number of primary amides is 1. The van der Waals surface area contributed by atoms with Gasteiger partial charge in [0.15, 0.2) is 0 Å². The normalized spacial score (nSPS) is 15.8. The number of carbonyl (C=O) groups is 6. The number of rotatable bonds is 19. The Morgan fingerprint density at radius 1 is 0.780 bits per heavy atom. The molecule has 50 heavy (non-hydrogen) atoms. The van der Waals surface area contributed by atoms with Gasteiger partial charge in [-0.1, -0.05) is 59.1 Å². The molecule has 1 fully saturated rings. The van der Waals surface area contributed by atoms with E-state index >= 15 is 0 Å². The summed E-state index contributed by atoms with van der Waals surface area (Å²) in [5.74, 6) is -4.13. The fourth-order valence-electron chi connectivity index (χ4n) is 5.75. The number of hydrogen-bond donors (Lipinski definition) is 8. The van der Waals surface area contributed by atoms with Crippen molar-refractivity contribution in [2.75, 3.05) is 13.2 Å². The smallest absolute Gasteiger partial charge is 0.251 e. The number of amides is 6. The first-order valence-electron chi connectivity index (χ1n) is 16.9. The number of halogens is 1. The molecule has 1 unspecified atom stereocenters. The molecule has 1 aliphatic carbocycles. The minimum atomic E-state index is -1.34. The highest BCUT2D eigenvalue weighted by Gasteiger charge is 2.36. The summed E-state index contributed by atoms with van der Waals surface area (Å²) in [6, 6.07) is 10.2. The fourth-order valence-corrected chi connectivity index (χ4v) is 6.01. The van der Waals surface area contributed by atoms with Crippen molar-refractivity contribution in [2.24, 2.45) is 17.4 Å². The molecule has 2 aromatic carbocycles. The second-order valence-corrected chi connectivity index (χ2v) is 13.4. The Balaban J connectivity index is 1.74. The number of hydrogen-bond acceptors (Lipinski definition) is 8. The van der Waals surface area contributed by atoms with Crippen LogP contribution in [-0.2, 0) is 30.4 Å². The van der Waals surface area contributed by atoms with Crippen LogP contribution in [0.2, 0.25) is 0 Å². The second kappa shape index (κ2) is 20.4. The lowest BCUT2D eigenvalue weighted by molar-refractivity contribution is -0.135. The van der Waals surface area contributed by atoms with E-state index in [-0.39, 0.29) is 18.8 Å². The van der Waals surface area contributed by atoms with Crippen LogP contribution in [0.5, 0.6) is 0 Å². The molecular formula is C35H48BrN7O7. The van der Waals surface area contributed by atoms with Crippen molar-refractivity contribution < 1.29 is 33.9 Å². The summed E-state index contributed by atoms with van der Waals surface area (Å²) >= 11 is 3.34. The molecule has 10 N–H and O–H groups in total. The zero-order valence-electron chi connectivity index (χ0n) is 28.2. The van der Waals surface area contributed by atoms with Gasteiger partial charge in [-0.2, -0.15) is 0 Å². The minimum Gasteiger partial charge on any atom is -0.394 e. The van der Waals surface area contributed by atoms with Gasteiger partial charge in [0.05, 0.1) is 6.61 Å². The van der Waals surface area contributed by atoms with Crippen LogP contribution in [0.3, 0.4) is 0 Å². The number of aliphatic hydroxyl groups excluding tert-OH is 1. The van der Waals surface area contributed by atoms with Gasteiger partial charge in [0.1, 0.15) is 30.2 Å². The molecule has 3 rings (SSSR count). The van der Waals surface area contributed by atoms with Gasteiger partial charge in [-0.05, 0) is 81.3 Å². The van der Waals surface area contributed by atoms with Crippen LogP contribution >= 0.6 is 15.9 Å². The number of benzene rings is 2. The maximum Gasteiger partial charge on any atom is 0.251 e. The fraction of sp³-hybridized carbons (Fsp3) is 0.486. The third-order valence-corrected chi connectivity index (χ3v) is 9.17. The molecular weight excluding hydrogens is 710 g/mol. The highest BCUT2D eigenvalue weighted by molar-refractivity contribution is 9.10. The number of aliphatic hydroxyl groups is 1. The highest BCUT2D eigenvalue weighted by atomic mass is 79.9. The predicted octanol–water partition coefficient (Wildman–Crippen LogP) is 0.546. The first kappa shape index (κ1) is 40.1.